The maximum Gasteiger partial charge on any atom is 0.268 e. The van der Waals surface area contributed by atoms with Crippen molar-refractivity contribution in [2.45, 2.75) is 33.0 Å². The van der Waals surface area contributed by atoms with E-state index < -0.39 is 0 Å². The van der Waals surface area contributed by atoms with Gasteiger partial charge in [0, 0.05) is 57.7 Å². The Balaban J connectivity index is 1.43. The maximum absolute atomic E-state index is 12.7. The average molecular weight is 374 g/mol. The minimum absolute atomic E-state index is 0.0289. The van der Waals surface area contributed by atoms with Crippen LogP contribution in [0.3, 0.4) is 0 Å². The zero-order valence-electron chi connectivity index (χ0n) is 16.5. The molecule has 0 fully saturated rings. The highest BCUT2D eigenvalue weighted by molar-refractivity contribution is 5.93. The summed E-state index contributed by atoms with van der Waals surface area (Å²) in [6.45, 7) is 5.46. The molecule has 3 heterocycles. The SMILES string of the molecule is Cc1ccc(CN2CCc3c(cc(C(=O)NCc4ccncc4)n3C)C2)cc1. The third-order valence-electron chi connectivity index (χ3n) is 5.47. The summed E-state index contributed by atoms with van der Waals surface area (Å²) in [5.41, 5.74) is 6.93. The fourth-order valence-electron chi connectivity index (χ4n) is 3.83. The van der Waals surface area contributed by atoms with E-state index in [1.165, 1.54) is 22.4 Å². The van der Waals surface area contributed by atoms with Crippen LogP contribution in [0.2, 0.25) is 0 Å². The van der Waals surface area contributed by atoms with Crippen LogP contribution in [0.5, 0.6) is 0 Å². The van der Waals surface area contributed by atoms with Crippen LogP contribution in [-0.2, 0) is 33.1 Å². The Hall–Kier alpha value is -2.92. The molecule has 1 amide bonds. The lowest BCUT2D eigenvalue weighted by atomic mass is 10.1. The Kier molecular flexibility index (Phi) is 5.26. The van der Waals surface area contributed by atoms with Gasteiger partial charge in [0.25, 0.3) is 5.91 Å². The molecule has 0 aliphatic carbocycles. The van der Waals surface area contributed by atoms with Crippen LogP contribution in [-0.4, -0.2) is 26.9 Å². The second-order valence-corrected chi connectivity index (χ2v) is 7.54. The Morgan fingerprint density at radius 3 is 2.61 bits per heavy atom. The number of rotatable bonds is 5. The molecule has 28 heavy (non-hydrogen) atoms. The topological polar surface area (TPSA) is 50.2 Å². The molecular weight excluding hydrogens is 348 g/mol. The van der Waals surface area contributed by atoms with E-state index in [-0.39, 0.29) is 5.91 Å². The van der Waals surface area contributed by atoms with E-state index in [0.29, 0.717) is 6.54 Å². The number of carbonyl (C=O) groups is 1. The predicted octanol–water partition coefficient (Wildman–Crippen LogP) is 3.22. The maximum atomic E-state index is 12.7. The summed E-state index contributed by atoms with van der Waals surface area (Å²) >= 11 is 0. The fraction of sp³-hybridized carbons (Fsp3) is 0.304. The molecule has 144 valence electrons. The molecule has 5 heteroatoms. The highest BCUT2D eigenvalue weighted by Crippen LogP contribution is 2.24. The van der Waals surface area contributed by atoms with Gasteiger partial charge >= 0.3 is 0 Å². The lowest BCUT2D eigenvalue weighted by molar-refractivity contribution is 0.0942. The molecule has 0 unspecified atom stereocenters. The number of pyridine rings is 1. The van der Waals surface area contributed by atoms with Crippen LogP contribution in [0.15, 0.2) is 54.9 Å². The van der Waals surface area contributed by atoms with Crippen molar-refractivity contribution in [1.29, 1.82) is 0 Å². The molecule has 4 rings (SSSR count). The van der Waals surface area contributed by atoms with E-state index in [1.54, 1.807) is 12.4 Å². The van der Waals surface area contributed by atoms with Gasteiger partial charge in [0.1, 0.15) is 5.69 Å². The van der Waals surface area contributed by atoms with Crippen molar-refractivity contribution >= 4 is 5.91 Å². The van der Waals surface area contributed by atoms with Crippen molar-refractivity contribution in [3.63, 3.8) is 0 Å². The Morgan fingerprint density at radius 2 is 1.86 bits per heavy atom. The minimum atomic E-state index is -0.0289. The van der Waals surface area contributed by atoms with Gasteiger partial charge in [-0.3, -0.25) is 14.7 Å². The predicted molar refractivity (Wildman–Crippen MR) is 110 cm³/mol. The fourth-order valence-corrected chi connectivity index (χ4v) is 3.83. The van der Waals surface area contributed by atoms with Crippen LogP contribution in [0, 0.1) is 6.92 Å². The third-order valence-corrected chi connectivity index (χ3v) is 5.47. The zero-order valence-corrected chi connectivity index (χ0v) is 16.5. The van der Waals surface area contributed by atoms with Gasteiger partial charge in [0.2, 0.25) is 0 Å². The molecule has 5 nitrogen and oxygen atoms in total. The molecule has 0 radical (unpaired) electrons. The standard InChI is InChI=1S/C23H26N4O/c1-17-3-5-19(6-4-17)15-27-12-9-21-20(16-27)13-22(26(21)2)23(28)25-14-18-7-10-24-11-8-18/h3-8,10-11,13H,9,12,14-16H2,1-2H3,(H,25,28). The van der Waals surface area contributed by atoms with Gasteiger partial charge in [-0.25, -0.2) is 0 Å². The first-order valence-corrected chi connectivity index (χ1v) is 9.72. The van der Waals surface area contributed by atoms with Gasteiger partial charge in [-0.2, -0.15) is 0 Å². The van der Waals surface area contributed by atoms with Crippen molar-refractivity contribution in [3.05, 3.63) is 88.5 Å². The highest BCUT2D eigenvalue weighted by atomic mass is 16.1. The van der Waals surface area contributed by atoms with Crippen LogP contribution in [0.4, 0.5) is 0 Å². The molecule has 1 aliphatic rings. The number of nitrogens with zero attached hydrogens (tertiary/aromatic N) is 3. The lowest BCUT2D eigenvalue weighted by Gasteiger charge is -2.27. The zero-order chi connectivity index (χ0) is 19.5. The van der Waals surface area contributed by atoms with Crippen molar-refractivity contribution in [2.24, 2.45) is 7.05 Å². The second kappa shape index (κ2) is 7.98. The van der Waals surface area contributed by atoms with Crippen molar-refractivity contribution in [3.8, 4) is 0 Å². The van der Waals surface area contributed by atoms with E-state index in [0.717, 1.165) is 37.3 Å². The summed E-state index contributed by atoms with van der Waals surface area (Å²) in [5.74, 6) is -0.0289. The molecule has 1 N–H and O–H groups in total. The normalized spacial score (nSPS) is 13.9. The Labute approximate surface area is 166 Å². The largest absolute Gasteiger partial charge is 0.347 e. The van der Waals surface area contributed by atoms with Crippen molar-refractivity contribution in [1.82, 2.24) is 19.8 Å². The van der Waals surface area contributed by atoms with Crippen molar-refractivity contribution < 1.29 is 4.79 Å². The van der Waals surface area contributed by atoms with Gasteiger partial charge in [-0.05, 0) is 41.8 Å². The van der Waals surface area contributed by atoms with E-state index in [1.807, 2.05) is 19.2 Å². The van der Waals surface area contributed by atoms with Gasteiger partial charge in [0.05, 0.1) is 0 Å². The number of benzene rings is 1. The van der Waals surface area contributed by atoms with Gasteiger partial charge < -0.3 is 9.88 Å². The monoisotopic (exact) mass is 374 g/mol. The van der Waals surface area contributed by atoms with Gasteiger partial charge in [0.15, 0.2) is 0 Å². The summed E-state index contributed by atoms with van der Waals surface area (Å²) in [6.07, 6.45) is 4.45. The smallest absolute Gasteiger partial charge is 0.268 e. The Morgan fingerprint density at radius 1 is 1.11 bits per heavy atom. The van der Waals surface area contributed by atoms with E-state index in [9.17, 15) is 4.79 Å². The Bertz CT molecular complexity index is 960. The molecule has 0 saturated heterocycles. The first-order valence-electron chi connectivity index (χ1n) is 9.72. The first-order chi connectivity index (χ1) is 13.6. The van der Waals surface area contributed by atoms with Crippen LogP contribution < -0.4 is 5.32 Å². The van der Waals surface area contributed by atoms with Gasteiger partial charge in [-0.1, -0.05) is 29.8 Å². The summed E-state index contributed by atoms with van der Waals surface area (Å²) in [7, 11) is 2.00. The lowest BCUT2D eigenvalue weighted by Crippen LogP contribution is -2.30. The number of carbonyl (C=O) groups excluding carboxylic acids is 1. The van der Waals surface area contributed by atoms with Crippen LogP contribution >= 0.6 is 0 Å². The average Bonchev–Trinajstić information content (AvgIpc) is 3.05. The number of aryl methyl sites for hydroxylation is 1. The number of nitrogens with one attached hydrogen (secondary N) is 1. The summed E-state index contributed by atoms with van der Waals surface area (Å²) in [5, 5.41) is 3.02. The summed E-state index contributed by atoms with van der Waals surface area (Å²) in [6, 6.07) is 14.6. The number of amides is 1. The van der Waals surface area contributed by atoms with Crippen LogP contribution in [0.1, 0.15) is 38.4 Å². The van der Waals surface area contributed by atoms with E-state index in [2.05, 4.69) is 57.0 Å². The summed E-state index contributed by atoms with van der Waals surface area (Å²) in [4.78, 5) is 19.2. The minimum Gasteiger partial charge on any atom is -0.347 e. The molecule has 2 aromatic heterocycles. The third kappa shape index (κ3) is 3.99. The van der Waals surface area contributed by atoms with Crippen LogP contribution in [0.25, 0.3) is 0 Å². The molecular formula is C23H26N4O. The van der Waals surface area contributed by atoms with E-state index in [4.69, 9.17) is 0 Å². The molecule has 0 atom stereocenters. The van der Waals surface area contributed by atoms with Crippen molar-refractivity contribution in [2.75, 3.05) is 6.54 Å². The first kappa shape index (κ1) is 18.4. The number of hydrogen-bond donors (Lipinski definition) is 1. The van der Waals surface area contributed by atoms with E-state index >= 15 is 0 Å². The molecule has 1 aliphatic heterocycles. The molecule has 0 saturated carbocycles. The second-order valence-electron chi connectivity index (χ2n) is 7.54. The summed E-state index contributed by atoms with van der Waals surface area (Å²) < 4.78 is 2.06. The van der Waals surface area contributed by atoms with Gasteiger partial charge in [-0.15, -0.1) is 0 Å². The molecule has 0 bridgehead atoms. The molecule has 1 aromatic carbocycles. The number of aromatic nitrogens is 2. The number of fused-ring (bicyclic) bond motifs is 1. The number of hydrogen-bond acceptors (Lipinski definition) is 3. The highest BCUT2D eigenvalue weighted by Gasteiger charge is 2.23. The molecule has 3 aromatic rings. The molecule has 0 spiro atoms. The quantitative estimate of drug-likeness (QED) is 0.746.